The number of amides is 1. The first-order chi connectivity index (χ1) is 12.6. The molecule has 0 spiro atoms. The predicted octanol–water partition coefficient (Wildman–Crippen LogP) is 3.32. The number of nitrogens with zero attached hydrogens (tertiary/aromatic N) is 1. The SMILES string of the molecule is CC1(C)OCC(Cc2ccc(S(=O)(=O)c3ccc(F)cc3)cc2)N1C(=O)O. The number of benzene rings is 2. The lowest BCUT2D eigenvalue weighted by Gasteiger charge is -2.31. The molecule has 1 fully saturated rings. The monoisotopic (exact) mass is 393 g/mol. The Bertz CT molecular complexity index is 939. The molecule has 27 heavy (non-hydrogen) atoms. The Morgan fingerprint density at radius 3 is 2.19 bits per heavy atom. The van der Waals surface area contributed by atoms with Crippen molar-refractivity contribution in [1.29, 1.82) is 0 Å². The van der Waals surface area contributed by atoms with Crippen molar-refractivity contribution < 1.29 is 27.4 Å². The molecular formula is C19H20FNO5S. The summed E-state index contributed by atoms with van der Waals surface area (Å²) in [6.45, 7) is 3.66. The lowest BCUT2D eigenvalue weighted by molar-refractivity contribution is -0.0419. The van der Waals surface area contributed by atoms with E-state index in [9.17, 15) is 22.7 Å². The minimum atomic E-state index is -3.74. The number of rotatable bonds is 4. The molecule has 2 aromatic carbocycles. The second-order valence-electron chi connectivity index (χ2n) is 6.87. The highest BCUT2D eigenvalue weighted by Gasteiger charge is 2.43. The molecular weight excluding hydrogens is 373 g/mol. The zero-order valence-electron chi connectivity index (χ0n) is 14.9. The van der Waals surface area contributed by atoms with Gasteiger partial charge in [-0.05, 0) is 62.2 Å². The van der Waals surface area contributed by atoms with Crippen LogP contribution >= 0.6 is 0 Å². The zero-order chi connectivity index (χ0) is 19.8. The third-order valence-corrected chi connectivity index (χ3v) is 6.39. The summed E-state index contributed by atoms with van der Waals surface area (Å²) in [6.07, 6.45) is -0.648. The van der Waals surface area contributed by atoms with Crippen LogP contribution in [0.2, 0.25) is 0 Å². The van der Waals surface area contributed by atoms with Crippen molar-refractivity contribution in [2.24, 2.45) is 0 Å². The van der Waals surface area contributed by atoms with Gasteiger partial charge in [-0.15, -0.1) is 0 Å². The summed E-state index contributed by atoms with van der Waals surface area (Å²) in [5, 5.41) is 9.43. The van der Waals surface area contributed by atoms with Gasteiger partial charge in [0.25, 0.3) is 0 Å². The molecule has 0 saturated carbocycles. The van der Waals surface area contributed by atoms with Gasteiger partial charge in [-0.3, -0.25) is 4.90 Å². The van der Waals surface area contributed by atoms with Gasteiger partial charge >= 0.3 is 6.09 Å². The van der Waals surface area contributed by atoms with Crippen LogP contribution in [0.1, 0.15) is 19.4 Å². The number of hydrogen-bond donors (Lipinski definition) is 1. The maximum Gasteiger partial charge on any atom is 0.409 e. The van der Waals surface area contributed by atoms with E-state index in [0.29, 0.717) is 6.42 Å². The molecule has 1 unspecified atom stereocenters. The Kier molecular flexibility index (Phi) is 4.96. The summed E-state index contributed by atoms with van der Waals surface area (Å²) in [4.78, 5) is 12.9. The fourth-order valence-corrected chi connectivity index (χ4v) is 4.51. The molecule has 0 radical (unpaired) electrons. The standard InChI is InChI=1S/C19H20FNO5S/c1-19(2)21(18(22)23)15(12-26-19)11-13-3-7-16(8-4-13)27(24,25)17-9-5-14(20)6-10-17/h3-10,15H,11-12H2,1-2H3,(H,22,23). The lowest BCUT2D eigenvalue weighted by Crippen LogP contribution is -2.47. The van der Waals surface area contributed by atoms with Crippen molar-refractivity contribution in [2.75, 3.05) is 6.61 Å². The summed E-state index contributed by atoms with van der Waals surface area (Å²) in [5.74, 6) is -0.506. The third-order valence-electron chi connectivity index (χ3n) is 4.61. The van der Waals surface area contributed by atoms with Gasteiger partial charge in [0, 0.05) is 0 Å². The fourth-order valence-electron chi connectivity index (χ4n) is 3.25. The number of ether oxygens (including phenoxy) is 1. The van der Waals surface area contributed by atoms with E-state index < -0.39 is 27.5 Å². The van der Waals surface area contributed by atoms with E-state index in [1.807, 2.05) is 0 Å². The van der Waals surface area contributed by atoms with Gasteiger partial charge in [-0.2, -0.15) is 0 Å². The number of carbonyl (C=O) groups is 1. The van der Waals surface area contributed by atoms with Gasteiger partial charge in [0.1, 0.15) is 11.5 Å². The molecule has 1 aliphatic rings. The van der Waals surface area contributed by atoms with E-state index in [1.54, 1.807) is 26.0 Å². The van der Waals surface area contributed by atoms with Crippen LogP contribution < -0.4 is 0 Å². The van der Waals surface area contributed by atoms with Gasteiger partial charge in [-0.1, -0.05) is 12.1 Å². The van der Waals surface area contributed by atoms with Gasteiger partial charge < -0.3 is 9.84 Å². The number of hydrogen-bond acceptors (Lipinski definition) is 4. The average molecular weight is 393 g/mol. The Balaban J connectivity index is 1.80. The van der Waals surface area contributed by atoms with Crippen molar-refractivity contribution in [2.45, 2.75) is 41.8 Å². The van der Waals surface area contributed by atoms with Crippen molar-refractivity contribution >= 4 is 15.9 Å². The highest BCUT2D eigenvalue weighted by Crippen LogP contribution is 2.29. The van der Waals surface area contributed by atoms with Crippen LogP contribution in [0.4, 0.5) is 9.18 Å². The molecule has 2 aromatic rings. The highest BCUT2D eigenvalue weighted by atomic mass is 32.2. The number of carboxylic acid groups (broad SMARTS) is 1. The molecule has 1 atom stereocenters. The van der Waals surface area contributed by atoms with E-state index in [4.69, 9.17) is 4.74 Å². The van der Waals surface area contributed by atoms with Gasteiger partial charge in [0.2, 0.25) is 9.84 Å². The minimum Gasteiger partial charge on any atom is -0.465 e. The Morgan fingerprint density at radius 2 is 1.67 bits per heavy atom. The predicted molar refractivity (Wildman–Crippen MR) is 95.7 cm³/mol. The summed E-state index contributed by atoms with van der Waals surface area (Å²) in [5.41, 5.74) is -0.104. The normalized spacial score (nSPS) is 19.2. The summed E-state index contributed by atoms with van der Waals surface area (Å²) < 4.78 is 43.8. The van der Waals surface area contributed by atoms with Crippen LogP contribution in [0.5, 0.6) is 0 Å². The molecule has 1 N–H and O–H groups in total. The van der Waals surface area contributed by atoms with Crippen molar-refractivity contribution in [3.63, 3.8) is 0 Å². The molecule has 0 bridgehead atoms. The highest BCUT2D eigenvalue weighted by molar-refractivity contribution is 7.91. The molecule has 144 valence electrons. The van der Waals surface area contributed by atoms with E-state index in [1.165, 1.54) is 29.2 Å². The molecule has 3 rings (SSSR count). The summed E-state index contributed by atoms with van der Waals surface area (Å²) >= 11 is 0. The quantitative estimate of drug-likeness (QED) is 0.806. The fraction of sp³-hybridized carbons (Fsp3) is 0.316. The van der Waals surface area contributed by atoms with Crippen LogP contribution in [0.15, 0.2) is 58.3 Å². The number of halogens is 1. The largest absolute Gasteiger partial charge is 0.465 e. The molecule has 0 aliphatic carbocycles. The van der Waals surface area contributed by atoms with Crippen LogP contribution in [0.3, 0.4) is 0 Å². The molecule has 1 heterocycles. The third kappa shape index (κ3) is 3.81. The number of sulfone groups is 1. The topological polar surface area (TPSA) is 83.9 Å². The van der Waals surface area contributed by atoms with Gasteiger partial charge in [-0.25, -0.2) is 17.6 Å². The zero-order valence-corrected chi connectivity index (χ0v) is 15.7. The summed E-state index contributed by atoms with van der Waals surface area (Å²) in [6, 6.07) is 10.6. The average Bonchev–Trinajstić information content (AvgIpc) is 2.90. The van der Waals surface area contributed by atoms with Gasteiger partial charge in [0.15, 0.2) is 0 Å². The second kappa shape index (κ2) is 6.94. The second-order valence-corrected chi connectivity index (χ2v) is 8.82. The van der Waals surface area contributed by atoms with Crippen LogP contribution in [-0.2, 0) is 21.0 Å². The van der Waals surface area contributed by atoms with Crippen LogP contribution in [0, 0.1) is 5.82 Å². The van der Waals surface area contributed by atoms with Crippen LogP contribution in [-0.4, -0.2) is 42.9 Å². The Morgan fingerprint density at radius 1 is 1.15 bits per heavy atom. The maximum atomic E-state index is 13.0. The molecule has 6 nitrogen and oxygen atoms in total. The maximum absolute atomic E-state index is 13.0. The van der Waals surface area contributed by atoms with E-state index >= 15 is 0 Å². The molecule has 1 amide bonds. The van der Waals surface area contributed by atoms with E-state index in [0.717, 1.165) is 17.7 Å². The Labute approximate surface area is 157 Å². The molecule has 8 heteroatoms. The summed E-state index contributed by atoms with van der Waals surface area (Å²) in [7, 11) is -3.74. The first-order valence-corrected chi connectivity index (χ1v) is 9.85. The van der Waals surface area contributed by atoms with E-state index in [-0.39, 0.29) is 22.4 Å². The molecule has 1 saturated heterocycles. The van der Waals surface area contributed by atoms with E-state index in [2.05, 4.69) is 0 Å². The Hall–Kier alpha value is -2.45. The minimum absolute atomic E-state index is 0.0136. The first-order valence-electron chi connectivity index (χ1n) is 8.37. The molecule has 0 aromatic heterocycles. The van der Waals surface area contributed by atoms with Crippen molar-refractivity contribution in [1.82, 2.24) is 4.90 Å². The first kappa shape index (κ1) is 19.3. The van der Waals surface area contributed by atoms with Crippen LogP contribution in [0.25, 0.3) is 0 Å². The smallest absolute Gasteiger partial charge is 0.409 e. The van der Waals surface area contributed by atoms with Crippen molar-refractivity contribution in [3.8, 4) is 0 Å². The van der Waals surface area contributed by atoms with Crippen molar-refractivity contribution in [3.05, 3.63) is 59.9 Å². The molecule has 1 aliphatic heterocycles. The van der Waals surface area contributed by atoms with Gasteiger partial charge in [0.05, 0.1) is 22.4 Å². The lowest BCUT2D eigenvalue weighted by atomic mass is 10.1.